The molecule has 1 nitrogen and oxygen atoms in total. The molecule has 0 radical (unpaired) electrons. The highest BCUT2D eigenvalue weighted by atomic mass is 35.5. The van der Waals surface area contributed by atoms with Crippen LogP contribution in [-0.2, 0) is 12.6 Å². The Hall–Kier alpha value is -1.59. The Kier molecular flexibility index (Phi) is 4.54. The summed E-state index contributed by atoms with van der Waals surface area (Å²) < 4.78 is 51.5. The number of aliphatic hydroxyl groups is 1. The molecule has 0 aliphatic carbocycles. The molecule has 0 saturated carbocycles. The highest BCUT2D eigenvalue weighted by Crippen LogP contribution is 2.32. The Morgan fingerprint density at radius 2 is 1.76 bits per heavy atom. The molecule has 6 heteroatoms. The first kappa shape index (κ1) is 15.8. The van der Waals surface area contributed by atoms with Gasteiger partial charge in [-0.05, 0) is 29.8 Å². The molecule has 0 spiro atoms. The summed E-state index contributed by atoms with van der Waals surface area (Å²) in [5.74, 6) is -0.603. The van der Waals surface area contributed by atoms with E-state index in [9.17, 15) is 22.7 Å². The maximum atomic E-state index is 13.6. The topological polar surface area (TPSA) is 20.2 Å². The van der Waals surface area contributed by atoms with Crippen LogP contribution in [0.25, 0.3) is 0 Å². The Bertz CT molecular complexity index is 620. The van der Waals surface area contributed by atoms with E-state index < -0.39 is 23.7 Å². The summed E-state index contributed by atoms with van der Waals surface area (Å²) in [5.41, 5.74) is -0.730. The molecule has 0 aliphatic heterocycles. The van der Waals surface area contributed by atoms with Gasteiger partial charge in [0.15, 0.2) is 0 Å². The second-order valence-electron chi connectivity index (χ2n) is 4.54. The van der Waals surface area contributed by atoms with Crippen molar-refractivity contribution in [1.82, 2.24) is 0 Å². The monoisotopic (exact) mass is 318 g/mol. The Labute approximate surface area is 123 Å². The molecule has 1 atom stereocenters. The first-order valence-electron chi connectivity index (χ1n) is 6.07. The minimum atomic E-state index is -4.49. The van der Waals surface area contributed by atoms with Gasteiger partial charge in [-0.1, -0.05) is 29.8 Å². The van der Waals surface area contributed by atoms with Crippen molar-refractivity contribution in [1.29, 1.82) is 0 Å². The van der Waals surface area contributed by atoms with Gasteiger partial charge in [0.05, 0.1) is 11.7 Å². The zero-order chi connectivity index (χ0) is 15.6. The fourth-order valence-electron chi connectivity index (χ4n) is 1.96. The smallest absolute Gasteiger partial charge is 0.388 e. The van der Waals surface area contributed by atoms with Gasteiger partial charge in [0.25, 0.3) is 0 Å². The van der Waals surface area contributed by atoms with Crippen molar-refractivity contribution in [2.45, 2.75) is 18.7 Å². The summed E-state index contributed by atoms with van der Waals surface area (Å²) in [6.07, 6.45) is -5.97. The molecular formula is C15H11ClF4O. The SMILES string of the molecule is OC(Cc1c(F)cccc1Cl)c1cccc(C(F)(F)F)c1. The number of alkyl halides is 3. The lowest BCUT2D eigenvalue weighted by Crippen LogP contribution is -2.08. The van der Waals surface area contributed by atoms with Crippen LogP contribution in [0.2, 0.25) is 5.02 Å². The van der Waals surface area contributed by atoms with Gasteiger partial charge in [-0.25, -0.2) is 4.39 Å². The second kappa shape index (κ2) is 6.03. The van der Waals surface area contributed by atoms with Crippen molar-refractivity contribution in [3.63, 3.8) is 0 Å². The van der Waals surface area contributed by atoms with Crippen molar-refractivity contribution in [2.75, 3.05) is 0 Å². The predicted octanol–water partition coefficient (Wildman–Crippen LogP) is 4.77. The van der Waals surface area contributed by atoms with Gasteiger partial charge < -0.3 is 5.11 Å². The highest BCUT2D eigenvalue weighted by Gasteiger charge is 2.31. The lowest BCUT2D eigenvalue weighted by molar-refractivity contribution is -0.137. The first-order chi connectivity index (χ1) is 9.79. The molecule has 0 heterocycles. The van der Waals surface area contributed by atoms with Crippen LogP contribution in [0.1, 0.15) is 22.8 Å². The molecule has 0 aliphatic rings. The Balaban J connectivity index is 2.27. The Morgan fingerprint density at radius 3 is 2.38 bits per heavy atom. The van der Waals surface area contributed by atoms with Crippen molar-refractivity contribution in [3.8, 4) is 0 Å². The van der Waals surface area contributed by atoms with Crippen LogP contribution < -0.4 is 0 Å². The number of rotatable bonds is 3. The van der Waals surface area contributed by atoms with Gasteiger partial charge in [-0.3, -0.25) is 0 Å². The minimum Gasteiger partial charge on any atom is -0.388 e. The molecule has 0 bridgehead atoms. The molecule has 112 valence electrons. The maximum Gasteiger partial charge on any atom is 0.416 e. The summed E-state index contributed by atoms with van der Waals surface area (Å²) in [6.45, 7) is 0. The average molecular weight is 319 g/mol. The van der Waals surface area contributed by atoms with Gasteiger partial charge in [-0.15, -0.1) is 0 Å². The van der Waals surface area contributed by atoms with Gasteiger partial charge in [0.1, 0.15) is 5.82 Å². The summed E-state index contributed by atoms with van der Waals surface area (Å²) in [6, 6.07) is 8.36. The van der Waals surface area contributed by atoms with Crippen LogP contribution in [0, 0.1) is 5.82 Å². The van der Waals surface area contributed by atoms with Gasteiger partial charge in [0.2, 0.25) is 0 Å². The maximum absolute atomic E-state index is 13.6. The van der Waals surface area contributed by atoms with Crippen LogP contribution in [0.15, 0.2) is 42.5 Å². The molecule has 0 amide bonds. The lowest BCUT2D eigenvalue weighted by Gasteiger charge is -2.15. The average Bonchev–Trinajstić information content (AvgIpc) is 2.42. The number of halogens is 5. The molecule has 0 fully saturated rings. The molecule has 0 aromatic heterocycles. The number of benzene rings is 2. The molecular weight excluding hydrogens is 308 g/mol. The largest absolute Gasteiger partial charge is 0.416 e. The first-order valence-corrected chi connectivity index (χ1v) is 6.45. The van der Waals surface area contributed by atoms with E-state index in [0.29, 0.717) is 0 Å². The van der Waals surface area contributed by atoms with Crippen molar-refractivity contribution in [3.05, 3.63) is 70.0 Å². The van der Waals surface area contributed by atoms with Crippen molar-refractivity contribution >= 4 is 11.6 Å². The molecule has 1 unspecified atom stereocenters. The van der Waals surface area contributed by atoms with E-state index >= 15 is 0 Å². The van der Waals surface area contributed by atoms with Crippen molar-refractivity contribution < 1.29 is 22.7 Å². The lowest BCUT2D eigenvalue weighted by atomic mass is 9.99. The zero-order valence-electron chi connectivity index (χ0n) is 10.7. The van der Waals surface area contributed by atoms with E-state index in [1.807, 2.05) is 0 Å². The van der Waals surface area contributed by atoms with E-state index in [-0.39, 0.29) is 22.6 Å². The highest BCUT2D eigenvalue weighted by molar-refractivity contribution is 6.31. The van der Waals surface area contributed by atoms with E-state index in [1.165, 1.54) is 30.3 Å². The van der Waals surface area contributed by atoms with Crippen LogP contribution in [0.3, 0.4) is 0 Å². The second-order valence-corrected chi connectivity index (χ2v) is 4.95. The van der Waals surface area contributed by atoms with E-state index in [1.54, 1.807) is 0 Å². The Morgan fingerprint density at radius 1 is 1.10 bits per heavy atom. The molecule has 0 saturated heterocycles. The molecule has 21 heavy (non-hydrogen) atoms. The molecule has 1 N–H and O–H groups in total. The standard InChI is InChI=1S/C15H11ClF4O/c16-12-5-2-6-13(17)11(12)8-14(21)9-3-1-4-10(7-9)15(18,19)20/h1-7,14,21H,8H2. The summed E-state index contributed by atoms with van der Waals surface area (Å²) in [7, 11) is 0. The third-order valence-electron chi connectivity index (χ3n) is 3.06. The number of aliphatic hydroxyl groups excluding tert-OH is 1. The molecule has 2 aromatic rings. The van der Waals surface area contributed by atoms with Gasteiger partial charge >= 0.3 is 6.18 Å². The van der Waals surface area contributed by atoms with Crippen LogP contribution in [0.4, 0.5) is 17.6 Å². The fraction of sp³-hybridized carbons (Fsp3) is 0.200. The molecule has 2 rings (SSSR count). The zero-order valence-corrected chi connectivity index (χ0v) is 11.4. The summed E-state index contributed by atoms with van der Waals surface area (Å²) in [4.78, 5) is 0. The van der Waals surface area contributed by atoms with Crippen molar-refractivity contribution in [2.24, 2.45) is 0 Å². The third-order valence-corrected chi connectivity index (χ3v) is 3.41. The van der Waals surface area contributed by atoms with Crippen LogP contribution >= 0.6 is 11.6 Å². The number of hydrogen-bond acceptors (Lipinski definition) is 1. The molecule has 2 aromatic carbocycles. The quantitative estimate of drug-likeness (QED) is 0.808. The van der Waals surface area contributed by atoms with E-state index in [0.717, 1.165) is 12.1 Å². The van der Waals surface area contributed by atoms with E-state index in [2.05, 4.69) is 0 Å². The van der Waals surface area contributed by atoms with Crippen LogP contribution in [0.5, 0.6) is 0 Å². The summed E-state index contributed by atoms with van der Waals surface area (Å²) >= 11 is 5.83. The van der Waals surface area contributed by atoms with Gasteiger partial charge in [-0.2, -0.15) is 13.2 Å². The van der Waals surface area contributed by atoms with E-state index in [4.69, 9.17) is 11.6 Å². The van der Waals surface area contributed by atoms with Crippen LogP contribution in [-0.4, -0.2) is 5.11 Å². The number of hydrogen-bond donors (Lipinski definition) is 1. The fourth-order valence-corrected chi connectivity index (χ4v) is 2.20. The normalized spacial score (nSPS) is 13.2. The minimum absolute atomic E-state index is 0.0594. The predicted molar refractivity (Wildman–Crippen MR) is 71.5 cm³/mol. The summed E-state index contributed by atoms with van der Waals surface area (Å²) in [5, 5.41) is 10.1. The van der Waals surface area contributed by atoms with Gasteiger partial charge in [0, 0.05) is 17.0 Å². The third kappa shape index (κ3) is 3.74.